The standard InChI is InChI=1S/C57H36N4/c1-4-18-37(19-5-1)52-54(49-36-42-24-10-11-25-43(42)44-26-12-13-27-45(44)49)60-61-55(40-20-6-2-7-21-40)51(46-28-14-15-29-47(46)56(52)61)38-32-34-39(35-33-38)53-48-30-16-17-31-50(48)58-57(59-53)41-22-8-3-9-23-41/h1-36H. The molecular weight excluding hydrogens is 741 g/mol. The predicted molar refractivity (Wildman–Crippen MR) is 253 cm³/mol. The van der Waals surface area contributed by atoms with Gasteiger partial charge in [-0.05, 0) is 50.2 Å². The molecule has 0 amide bonds. The molecule has 284 valence electrons. The van der Waals surface area contributed by atoms with Crippen molar-refractivity contribution in [3.63, 3.8) is 0 Å². The number of pyridine rings is 1. The van der Waals surface area contributed by atoms with Crippen molar-refractivity contribution in [3.05, 3.63) is 218 Å². The summed E-state index contributed by atoms with van der Waals surface area (Å²) >= 11 is 0. The third-order valence-electron chi connectivity index (χ3n) is 12.0. The summed E-state index contributed by atoms with van der Waals surface area (Å²) in [6.45, 7) is 0. The van der Waals surface area contributed by atoms with Crippen LogP contribution in [0.3, 0.4) is 0 Å². The van der Waals surface area contributed by atoms with Crippen LogP contribution in [0, 0.1) is 0 Å². The van der Waals surface area contributed by atoms with Crippen LogP contribution in [0.5, 0.6) is 0 Å². The second-order valence-corrected chi connectivity index (χ2v) is 15.5. The fourth-order valence-corrected chi connectivity index (χ4v) is 9.25. The first-order valence-electron chi connectivity index (χ1n) is 20.7. The molecule has 3 aromatic heterocycles. The summed E-state index contributed by atoms with van der Waals surface area (Å²) in [5.74, 6) is 0.712. The molecule has 12 aromatic rings. The van der Waals surface area contributed by atoms with Crippen molar-refractivity contribution < 1.29 is 0 Å². The van der Waals surface area contributed by atoms with Crippen LogP contribution in [-0.4, -0.2) is 19.6 Å². The molecule has 0 fully saturated rings. The number of fused-ring (bicyclic) bond motifs is 7. The van der Waals surface area contributed by atoms with Crippen molar-refractivity contribution in [1.29, 1.82) is 0 Å². The lowest BCUT2D eigenvalue weighted by molar-refractivity contribution is 0.981. The Morgan fingerprint density at radius 3 is 1.57 bits per heavy atom. The molecule has 0 N–H and O–H groups in total. The monoisotopic (exact) mass is 776 g/mol. The van der Waals surface area contributed by atoms with E-state index >= 15 is 0 Å². The molecule has 0 saturated heterocycles. The van der Waals surface area contributed by atoms with Gasteiger partial charge in [0.05, 0.1) is 22.4 Å². The molecule has 0 saturated carbocycles. The third-order valence-corrected chi connectivity index (χ3v) is 12.0. The number of nitrogens with zero attached hydrogens (tertiary/aromatic N) is 4. The van der Waals surface area contributed by atoms with E-state index in [2.05, 4.69) is 199 Å². The second-order valence-electron chi connectivity index (χ2n) is 15.5. The lowest BCUT2D eigenvalue weighted by Gasteiger charge is -2.18. The molecule has 0 aliphatic heterocycles. The molecule has 4 nitrogen and oxygen atoms in total. The van der Waals surface area contributed by atoms with Crippen molar-refractivity contribution in [2.75, 3.05) is 0 Å². The summed E-state index contributed by atoms with van der Waals surface area (Å²) in [5.41, 5.74) is 13.6. The van der Waals surface area contributed by atoms with E-state index in [-0.39, 0.29) is 0 Å². The van der Waals surface area contributed by atoms with Crippen molar-refractivity contribution in [1.82, 2.24) is 19.6 Å². The highest BCUT2D eigenvalue weighted by Gasteiger charge is 2.26. The van der Waals surface area contributed by atoms with E-state index in [0.717, 1.165) is 88.8 Å². The molecule has 9 aromatic carbocycles. The van der Waals surface area contributed by atoms with Crippen LogP contribution in [0.1, 0.15) is 0 Å². The van der Waals surface area contributed by atoms with E-state index in [1.54, 1.807) is 0 Å². The summed E-state index contributed by atoms with van der Waals surface area (Å²) in [7, 11) is 0. The quantitative estimate of drug-likeness (QED) is 0.158. The molecule has 0 aliphatic carbocycles. The first kappa shape index (κ1) is 34.8. The average Bonchev–Trinajstić information content (AvgIpc) is 3.74. The minimum atomic E-state index is 0.712. The molecule has 0 spiro atoms. The van der Waals surface area contributed by atoms with Crippen LogP contribution < -0.4 is 0 Å². The fraction of sp³-hybridized carbons (Fsp3) is 0. The lowest BCUT2D eigenvalue weighted by atomic mass is 9.89. The number of hydrogen-bond acceptors (Lipinski definition) is 3. The summed E-state index contributed by atoms with van der Waals surface area (Å²) in [4.78, 5) is 10.2. The Hall–Kier alpha value is -8.21. The lowest BCUT2D eigenvalue weighted by Crippen LogP contribution is -2.00. The Morgan fingerprint density at radius 2 is 0.852 bits per heavy atom. The van der Waals surface area contributed by atoms with Crippen molar-refractivity contribution in [2.45, 2.75) is 0 Å². The first-order valence-corrected chi connectivity index (χ1v) is 20.7. The van der Waals surface area contributed by atoms with E-state index in [0.29, 0.717) is 5.82 Å². The molecule has 12 rings (SSSR count). The van der Waals surface area contributed by atoms with Crippen LogP contribution in [0.2, 0.25) is 0 Å². The summed E-state index contributed by atoms with van der Waals surface area (Å²) in [6.07, 6.45) is 0. The Balaban J connectivity index is 1.16. The minimum absolute atomic E-state index is 0.712. The Bertz CT molecular complexity index is 3610. The number of para-hydroxylation sites is 1. The molecule has 0 atom stereocenters. The Morgan fingerprint density at radius 1 is 0.328 bits per heavy atom. The maximum absolute atomic E-state index is 5.77. The maximum atomic E-state index is 5.77. The van der Waals surface area contributed by atoms with Gasteiger partial charge in [0.1, 0.15) is 5.69 Å². The highest BCUT2D eigenvalue weighted by molar-refractivity contribution is 6.19. The van der Waals surface area contributed by atoms with Gasteiger partial charge in [-0.3, -0.25) is 0 Å². The van der Waals surface area contributed by atoms with Gasteiger partial charge in [0.2, 0.25) is 0 Å². The fourth-order valence-electron chi connectivity index (χ4n) is 9.25. The predicted octanol–water partition coefficient (Wildman–Crippen LogP) is 14.7. The van der Waals surface area contributed by atoms with Crippen molar-refractivity contribution >= 4 is 48.7 Å². The highest BCUT2D eigenvalue weighted by atomic mass is 15.2. The molecule has 61 heavy (non-hydrogen) atoms. The average molecular weight is 777 g/mol. The second kappa shape index (κ2) is 14.3. The zero-order valence-corrected chi connectivity index (χ0v) is 33.1. The zero-order valence-electron chi connectivity index (χ0n) is 33.1. The molecule has 4 heteroatoms. The van der Waals surface area contributed by atoms with E-state index in [1.165, 1.54) is 21.5 Å². The van der Waals surface area contributed by atoms with Crippen molar-refractivity contribution in [3.8, 4) is 67.4 Å². The Labute approximate surface area is 352 Å². The van der Waals surface area contributed by atoms with E-state index in [9.17, 15) is 0 Å². The zero-order chi connectivity index (χ0) is 40.3. The molecule has 0 bridgehead atoms. The minimum Gasteiger partial charge on any atom is -0.231 e. The molecule has 0 aliphatic rings. The Kier molecular flexibility index (Phi) is 8.13. The topological polar surface area (TPSA) is 43.1 Å². The van der Waals surface area contributed by atoms with Gasteiger partial charge in [0.25, 0.3) is 0 Å². The summed E-state index contributed by atoms with van der Waals surface area (Å²) in [5, 5.41) is 13.9. The van der Waals surface area contributed by atoms with Gasteiger partial charge >= 0.3 is 0 Å². The van der Waals surface area contributed by atoms with Crippen LogP contribution in [0.15, 0.2) is 218 Å². The van der Waals surface area contributed by atoms with Gasteiger partial charge < -0.3 is 0 Å². The number of aromatic nitrogens is 4. The number of benzene rings is 9. The van der Waals surface area contributed by atoms with Gasteiger partial charge in [-0.15, -0.1) is 0 Å². The SMILES string of the molecule is c1ccc(-c2nc(-c3ccc(-c4c(-c5ccccc5)n5nc(-c6cc7ccccc7c7ccccc67)c(-c6ccccc6)c5c5ccccc45)cc3)c3ccccc3n2)cc1. The van der Waals surface area contributed by atoms with Gasteiger partial charge in [0.15, 0.2) is 5.82 Å². The normalized spacial score (nSPS) is 11.6. The molecule has 0 radical (unpaired) electrons. The van der Waals surface area contributed by atoms with Crippen LogP contribution in [0.4, 0.5) is 0 Å². The van der Waals surface area contributed by atoms with Crippen LogP contribution in [0.25, 0.3) is 116 Å². The molecular formula is C57H36N4. The highest BCUT2D eigenvalue weighted by Crippen LogP contribution is 2.47. The van der Waals surface area contributed by atoms with E-state index in [1.807, 2.05) is 24.3 Å². The molecule has 0 unspecified atom stereocenters. The summed E-state index contributed by atoms with van der Waals surface area (Å²) in [6, 6.07) is 77.4. The first-order chi connectivity index (χ1) is 30.3. The van der Waals surface area contributed by atoms with E-state index < -0.39 is 0 Å². The summed E-state index contributed by atoms with van der Waals surface area (Å²) < 4.78 is 2.23. The smallest absolute Gasteiger partial charge is 0.160 e. The van der Waals surface area contributed by atoms with Gasteiger partial charge in [-0.2, -0.15) is 5.10 Å². The van der Waals surface area contributed by atoms with E-state index in [4.69, 9.17) is 15.1 Å². The van der Waals surface area contributed by atoms with Gasteiger partial charge in [-0.1, -0.05) is 206 Å². The molecule has 3 heterocycles. The number of hydrogen-bond donors (Lipinski definition) is 0. The largest absolute Gasteiger partial charge is 0.231 e. The third kappa shape index (κ3) is 5.72. The van der Waals surface area contributed by atoms with Crippen LogP contribution >= 0.6 is 0 Å². The van der Waals surface area contributed by atoms with Crippen LogP contribution in [-0.2, 0) is 0 Å². The number of rotatable bonds is 6. The van der Waals surface area contributed by atoms with Gasteiger partial charge in [-0.25, -0.2) is 14.5 Å². The van der Waals surface area contributed by atoms with Gasteiger partial charge in [0, 0.05) is 44.2 Å². The van der Waals surface area contributed by atoms with Crippen molar-refractivity contribution in [2.24, 2.45) is 0 Å². The maximum Gasteiger partial charge on any atom is 0.160 e.